The van der Waals surface area contributed by atoms with Crippen LogP contribution in [0.3, 0.4) is 0 Å². The third-order valence-corrected chi connectivity index (χ3v) is 7.13. The standard InChI is InChI=1S/C24H38N4O2/c1-25-11-13-28(14-12-25)24(29)8-7-22-20-26(19-21-5-3-2-4-6-21)10-9-23(22)27-15-17-30-18-16-27/h2-6,22-23H,7-20H2,1H3/t22-,23+/m1/s1. The van der Waals surface area contributed by atoms with Gasteiger partial charge >= 0.3 is 0 Å². The quantitative estimate of drug-likeness (QED) is 0.709. The summed E-state index contributed by atoms with van der Waals surface area (Å²) in [6.45, 7) is 10.8. The van der Waals surface area contributed by atoms with Crippen molar-refractivity contribution in [2.24, 2.45) is 5.92 Å². The van der Waals surface area contributed by atoms with E-state index in [0.29, 0.717) is 24.3 Å². The lowest BCUT2D eigenvalue weighted by molar-refractivity contribution is -0.133. The fourth-order valence-electron chi connectivity index (χ4n) is 5.28. The molecule has 1 aromatic carbocycles. The van der Waals surface area contributed by atoms with Gasteiger partial charge in [0.05, 0.1) is 13.2 Å². The molecule has 1 amide bonds. The lowest BCUT2D eigenvalue weighted by Gasteiger charge is -2.45. The zero-order chi connectivity index (χ0) is 20.8. The highest BCUT2D eigenvalue weighted by Crippen LogP contribution is 2.28. The molecule has 3 saturated heterocycles. The summed E-state index contributed by atoms with van der Waals surface area (Å²) in [6.07, 6.45) is 2.88. The predicted octanol–water partition coefficient (Wildman–Crippen LogP) is 1.76. The van der Waals surface area contributed by atoms with E-state index in [1.54, 1.807) is 0 Å². The predicted molar refractivity (Wildman–Crippen MR) is 119 cm³/mol. The van der Waals surface area contributed by atoms with Gasteiger partial charge in [-0.1, -0.05) is 30.3 Å². The minimum absolute atomic E-state index is 0.351. The molecule has 0 spiro atoms. The summed E-state index contributed by atoms with van der Waals surface area (Å²) >= 11 is 0. The Morgan fingerprint density at radius 2 is 1.73 bits per heavy atom. The van der Waals surface area contributed by atoms with E-state index >= 15 is 0 Å². The number of hydrogen-bond donors (Lipinski definition) is 0. The second-order valence-corrected chi connectivity index (χ2v) is 9.21. The molecular weight excluding hydrogens is 376 g/mol. The molecule has 3 fully saturated rings. The van der Waals surface area contributed by atoms with E-state index in [1.807, 2.05) is 0 Å². The van der Waals surface area contributed by atoms with Crippen molar-refractivity contribution in [3.8, 4) is 0 Å². The molecule has 0 saturated carbocycles. The number of piperazine rings is 1. The van der Waals surface area contributed by atoms with Crippen molar-refractivity contribution in [1.29, 1.82) is 0 Å². The van der Waals surface area contributed by atoms with Gasteiger partial charge in [-0.15, -0.1) is 0 Å². The Kier molecular flexibility index (Phi) is 7.77. The van der Waals surface area contributed by atoms with Gasteiger partial charge in [-0.25, -0.2) is 0 Å². The zero-order valence-corrected chi connectivity index (χ0v) is 18.5. The molecule has 4 rings (SSSR count). The molecule has 0 N–H and O–H groups in total. The number of benzene rings is 1. The van der Waals surface area contributed by atoms with E-state index in [-0.39, 0.29) is 0 Å². The molecule has 0 aromatic heterocycles. The van der Waals surface area contributed by atoms with Gasteiger partial charge < -0.3 is 14.5 Å². The van der Waals surface area contributed by atoms with Crippen molar-refractivity contribution in [2.75, 3.05) is 72.6 Å². The second-order valence-electron chi connectivity index (χ2n) is 9.21. The Balaban J connectivity index is 1.36. The zero-order valence-electron chi connectivity index (χ0n) is 18.5. The van der Waals surface area contributed by atoms with Crippen LogP contribution >= 0.6 is 0 Å². The fraction of sp³-hybridized carbons (Fsp3) is 0.708. The molecule has 6 heteroatoms. The number of likely N-dealkylation sites (tertiary alicyclic amines) is 1. The molecule has 0 radical (unpaired) electrons. The van der Waals surface area contributed by atoms with Gasteiger partial charge in [-0.05, 0) is 37.9 Å². The maximum Gasteiger partial charge on any atom is 0.222 e. The molecule has 2 atom stereocenters. The molecule has 6 nitrogen and oxygen atoms in total. The second kappa shape index (κ2) is 10.7. The van der Waals surface area contributed by atoms with E-state index in [0.717, 1.165) is 78.5 Å². The summed E-state index contributed by atoms with van der Waals surface area (Å²) in [7, 11) is 2.14. The van der Waals surface area contributed by atoms with E-state index in [9.17, 15) is 4.79 Å². The number of morpholine rings is 1. The van der Waals surface area contributed by atoms with Crippen LogP contribution in [-0.2, 0) is 16.1 Å². The molecule has 166 valence electrons. The topological polar surface area (TPSA) is 39.3 Å². The number of ether oxygens (including phenoxy) is 1. The van der Waals surface area contributed by atoms with Gasteiger partial charge in [0.25, 0.3) is 0 Å². The van der Waals surface area contributed by atoms with Crippen LogP contribution in [0.1, 0.15) is 24.8 Å². The van der Waals surface area contributed by atoms with Gasteiger partial charge in [0.2, 0.25) is 5.91 Å². The van der Waals surface area contributed by atoms with E-state index in [4.69, 9.17) is 4.74 Å². The minimum Gasteiger partial charge on any atom is -0.379 e. The van der Waals surface area contributed by atoms with Crippen LogP contribution in [0, 0.1) is 5.92 Å². The van der Waals surface area contributed by atoms with Crippen molar-refractivity contribution in [2.45, 2.75) is 31.8 Å². The third-order valence-electron chi connectivity index (χ3n) is 7.13. The molecule has 0 bridgehead atoms. The van der Waals surface area contributed by atoms with Gasteiger partial charge in [0, 0.05) is 64.8 Å². The number of likely N-dealkylation sites (N-methyl/N-ethyl adjacent to an activating group) is 1. The van der Waals surface area contributed by atoms with Crippen LogP contribution in [0.5, 0.6) is 0 Å². The maximum atomic E-state index is 12.9. The largest absolute Gasteiger partial charge is 0.379 e. The summed E-state index contributed by atoms with van der Waals surface area (Å²) in [5.74, 6) is 0.904. The number of carbonyl (C=O) groups excluding carboxylic acids is 1. The third kappa shape index (κ3) is 5.82. The van der Waals surface area contributed by atoms with Crippen molar-refractivity contribution in [3.63, 3.8) is 0 Å². The Labute approximate surface area is 181 Å². The monoisotopic (exact) mass is 414 g/mol. The van der Waals surface area contributed by atoms with Crippen molar-refractivity contribution < 1.29 is 9.53 Å². The normalized spacial score (nSPS) is 27.3. The minimum atomic E-state index is 0.351. The van der Waals surface area contributed by atoms with Crippen LogP contribution in [0.15, 0.2) is 30.3 Å². The van der Waals surface area contributed by atoms with Crippen molar-refractivity contribution >= 4 is 5.91 Å². The molecule has 0 aliphatic carbocycles. The Bertz CT molecular complexity index is 656. The van der Waals surface area contributed by atoms with Crippen LogP contribution < -0.4 is 0 Å². The first-order valence-electron chi connectivity index (χ1n) is 11.7. The maximum absolute atomic E-state index is 12.9. The van der Waals surface area contributed by atoms with Gasteiger partial charge in [0.15, 0.2) is 0 Å². The van der Waals surface area contributed by atoms with Crippen molar-refractivity contribution in [3.05, 3.63) is 35.9 Å². The first kappa shape index (κ1) is 21.8. The number of hydrogen-bond acceptors (Lipinski definition) is 5. The molecule has 0 unspecified atom stereocenters. The first-order valence-corrected chi connectivity index (χ1v) is 11.7. The van der Waals surface area contributed by atoms with Crippen LogP contribution in [0.25, 0.3) is 0 Å². The highest BCUT2D eigenvalue weighted by atomic mass is 16.5. The molecule has 1 aromatic rings. The average Bonchev–Trinajstić information content (AvgIpc) is 2.79. The van der Waals surface area contributed by atoms with Gasteiger partial charge in [-0.3, -0.25) is 14.6 Å². The Hall–Kier alpha value is -1.47. The number of carbonyl (C=O) groups is 1. The number of piperidine rings is 1. The first-order chi connectivity index (χ1) is 14.7. The Morgan fingerprint density at radius 1 is 1.00 bits per heavy atom. The van der Waals surface area contributed by atoms with E-state index in [2.05, 4.69) is 57.0 Å². The average molecular weight is 415 g/mol. The van der Waals surface area contributed by atoms with Crippen LogP contribution in [0.4, 0.5) is 0 Å². The fourth-order valence-corrected chi connectivity index (χ4v) is 5.28. The number of rotatable bonds is 6. The summed E-state index contributed by atoms with van der Waals surface area (Å²) in [4.78, 5) is 22.5. The molecule has 3 aliphatic rings. The van der Waals surface area contributed by atoms with E-state index < -0.39 is 0 Å². The molecular formula is C24H38N4O2. The smallest absolute Gasteiger partial charge is 0.222 e. The summed E-state index contributed by atoms with van der Waals surface area (Å²) in [5, 5.41) is 0. The summed E-state index contributed by atoms with van der Waals surface area (Å²) in [5.41, 5.74) is 1.38. The Morgan fingerprint density at radius 3 is 2.47 bits per heavy atom. The van der Waals surface area contributed by atoms with E-state index in [1.165, 1.54) is 12.0 Å². The van der Waals surface area contributed by atoms with Gasteiger partial charge in [-0.2, -0.15) is 0 Å². The molecule has 3 aliphatic heterocycles. The van der Waals surface area contributed by atoms with Crippen molar-refractivity contribution in [1.82, 2.24) is 19.6 Å². The highest BCUT2D eigenvalue weighted by molar-refractivity contribution is 5.76. The van der Waals surface area contributed by atoms with Crippen LogP contribution in [-0.4, -0.2) is 104 Å². The van der Waals surface area contributed by atoms with Crippen LogP contribution in [0.2, 0.25) is 0 Å². The highest BCUT2D eigenvalue weighted by Gasteiger charge is 2.34. The number of nitrogens with zero attached hydrogens (tertiary/aromatic N) is 4. The molecule has 3 heterocycles. The van der Waals surface area contributed by atoms with Gasteiger partial charge in [0.1, 0.15) is 0 Å². The lowest BCUT2D eigenvalue weighted by Crippen LogP contribution is -2.54. The lowest BCUT2D eigenvalue weighted by atomic mass is 9.86. The molecule has 30 heavy (non-hydrogen) atoms. The summed E-state index contributed by atoms with van der Waals surface area (Å²) in [6, 6.07) is 11.4. The summed E-state index contributed by atoms with van der Waals surface area (Å²) < 4.78 is 5.60. The SMILES string of the molecule is CN1CCN(C(=O)CC[C@@H]2CN(Cc3ccccc3)CC[C@@H]2N2CCOCC2)CC1. The number of amides is 1.